The molecular formula is C15H20ClNO3. The third-order valence-corrected chi connectivity index (χ3v) is 3.37. The molecule has 4 nitrogen and oxygen atoms in total. The van der Waals surface area contributed by atoms with E-state index in [1.165, 1.54) is 13.0 Å². The normalized spacial score (nSPS) is 16.9. The van der Waals surface area contributed by atoms with Gasteiger partial charge in [-0.25, -0.2) is 0 Å². The highest BCUT2D eigenvalue weighted by molar-refractivity contribution is 6.31. The number of amides is 1. The molecule has 20 heavy (non-hydrogen) atoms. The minimum absolute atomic E-state index is 0.00277. The smallest absolute Gasteiger partial charge is 0.223 e. The van der Waals surface area contributed by atoms with Crippen molar-refractivity contribution in [2.24, 2.45) is 0 Å². The summed E-state index contributed by atoms with van der Waals surface area (Å²) < 4.78 is 0. The molecule has 0 aliphatic carbocycles. The third kappa shape index (κ3) is 4.63. The second kappa shape index (κ2) is 6.39. The number of carbonyl (C=O) groups excluding carboxylic acids is 1. The Kier molecular flexibility index (Phi) is 5.34. The van der Waals surface area contributed by atoms with E-state index in [-0.39, 0.29) is 18.9 Å². The predicted molar refractivity (Wildman–Crippen MR) is 79.5 cm³/mol. The largest absolute Gasteiger partial charge is 0.386 e. The highest BCUT2D eigenvalue weighted by atomic mass is 35.5. The third-order valence-electron chi connectivity index (χ3n) is 3.04. The molecule has 5 heteroatoms. The molecule has 0 fully saturated rings. The minimum Gasteiger partial charge on any atom is -0.386 e. The summed E-state index contributed by atoms with van der Waals surface area (Å²) in [6.45, 7) is 6.52. The number of hydrogen-bond acceptors (Lipinski definition) is 3. The Balaban J connectivity index is 2.67. The summed E-state index contributed by atoms with van der Waals surface area (Å²) in [6.07, 6.45) is 1.19. The molecule has 0 saturated carbocycles. The fourth-order valence-electron chi connectivity index (χ4n) is 1.72. The van der Waals surface area contributed by atoms with Crippen molar-refractivity contribution in [3.8, 4) is 0 Å². The number of halogens is 1. The second-order valence-corrected chi connectivity index (χ2v) is 5.68. The number of carbonyl (C=O) groups is 1. The molecule has 2 unspecified atom stereocenters. The van der Waals surface area contributed by atoms with E-state index in [0.717, 1.165) is 0 Å². The van der Waals surface area contributed by atoms with E-state index >= 15 is 0 Å². The zero-order valence-corrected chi connectivity index (χ0v) is 12.4. The van der Waals surface area contributed by atoms with Crippen LogP contribution in [0.4, 0.5) is 0 Å². The molecule has 0 heterocycles. The summed E-state index contributed by atoms with van der Waals surface area (Å²) in [7, 11) is 0. The van der Waals surface area contributed by atoms with Crippen LogP contribution in [0.1, 0.15) is 25.8 Å². The Hall–Kier alpha value is -1.36. The van der Waals surface area contributed by atoms with Gasteiger partial charge in [-0.15, -0.1) is 6.58 Å². The van der Waals surface area contributed by atoms with Gasteiger partial charge in [0, 0.05) is 10.6 Å². The lowest BCUT2D eigenvalue weighted by Gasteiger charge is -2.26. The molecule has 0 radical (unpaired) electrons. The average molecular weight is 298 g/mol. The van der Waals surface area contributed by atoms with Crippen LogP contribution in [0.15, 0.2) is 36.9 Å². The second-order valence-electron chi connectivity index (χ2n) is 5.27. The minimum atomic E-state index is -1.28. The molecule has 0 aliphatic heterocycles. The molecule has 1 aromatic rings. The Morgan fingerprint density at radius 3 is 2.55 bits per heavy atom. The first-order chi connectivity index (χ1) is 9.18. The first kappa shape index (κ1) is 16.7. The SMILES string of the molecule is C=CC(C)(O)CC(=O)NCC(C)(O)c1ccccc1Cl. The van der Waals surface area contributed by atoms with Crippen LogP contribution in [0.2, 0.25) is 5.02 Å². The molecule has 0 aromatic heterocycles. The predicted octanol–water partition coefficient (Wildman–Crippen LogP) is 1.99. The van der Waals surface area contributed by atoms with Crippen molar-refractivity contribution in [2.45, 2.75) is 31.5 Å². The van der Waals surface area contributed by atoms with Gasteiger partial charge in [-0.05, 0) is 19.9 Å². The number of aliphatic hydroxyl groups is 2. The van der Waals surface area contributed by atoms with Crippen molar-refractivity contribution >= 4 is 17.5 Å². The van der Waals surface area contributed by atoms with Crippen LogP contribution < -0.4 is 5.32 Å². The molecule has 1 rings (SSSR count). The summed E-state index contributed by atoms with van der Waals surface area (Å²) in [4.78, 5) is 11.7. The van der Waals surface area contributed by atoms with Gasteiger partial charge < -0.3 is 15.5 Å². The van der Waals surface area contributed by atoms with Gasteiger partial charge in [-0.3, -0.25) is 4.79 Å². The van der Waals surface area contributed by atoms with E-state index in [2.05, 4.69) is 11.9 Å². The lowest BCUT2D eigenvalue weighted by molar-refractivity contribution is -0.125. The highest BCUT2D eigenvalue weighted by Crippen LogP contribution is 2.27. The molecule has 0 saturated heterocycles. The maximum atomic E-state index is 11.7. The lowest BCUT2D eigenvalue weighted by Crippen LogP contribution is -2.41. The quantitative estimate of drug-likeness (QED) is 0.703. The van der Waals surface area contributed by atoms with E-state index in [1.54, 1.807) is 31.2 Å². The summed E-state index contributed by atoms with van der Waals surface area (Å²) in [6, 6.07) is 6.91. The first-order valence-corrected chi connectivity index (χ1v) is 6.66. The van der Waals surface area contributed by atoms with Gasteiger partial charge in [0.05, 0.1) is 18.6 Å². The fourth-order valence-corrected chi connectivity index (χ4v) is 2.06. The molecular weight excluding hydrogens is 278 g/mol. The topological polar surface area (TPSA) is 69.6 Å². The van der Waals surface area contributed by atoms with E-state index in [0.29, 0.717) is 10.6 Å². The van der Waals surface area contributed by atoms with E-state index < -0.39 is 11.2 Å². The van der Waals surface area contributed by atoms with Crippen molar-refractivity contribution in [3.05, 3.63) is 47.5 Å². The molecule has 0 aliphatic rings. The van der Waals surface area contributed by atoms with E-state index in [4.69, 9.17) is 11.6 Å². The summed E-state index contributed by atoms with van der Waals surface area (Å²) >= 11 is 6.03. The van der Waals surface area contributed by atoms with Crippen molar-refractivity contribution < 1.29 is 15.0 Å². The van der Waals surface area contributed by atoms with Gasteiger partial charge in [0.1, 0.15) is 5.60 Å². The highest BCUT2D eigenvalue weighted by Gasteiger charge is 2.27. The van der Waals surface area contributed by atoms with Gasteiger partial charge >= 0.3 is 0 Å². The van der Waals surface area contributed by atoms with Gasteiger partial charge in [-0.2, -0.15) is 0 Å². The number of nitrogens with one attached hydrogen (secondary N) is 1. The fraction of sp³-hybridized carbons (Fsp3) is 0.400. The van der Waals surface area contributed by atoms with Crippen LogP contribution in [-0.4, -0.2) is 28.3 Å². The van der Waals surface area contributed by atoms with Crippen molar-refractivity contribution in [1.82, 2.24) is 5.32 Å². The molecule has 1 amide bonds. The number of rotatable bonds is 6. The van der Waals surface area contributed by atoms with Crippen LogP contribution in [0.25, 0.3) is 0 Å². The van der Waals surface area contributed by atoms with E-state index in [9.17, 15) is 15.0 Å². The summed E-state index contributed by atoms with van der Waals surface area (Å²) in [5.74, 6) is -0.373. The van der Waals surface area contributed by atoms with Gasteiger partial charge in [0.2, 0.25) is 5.91 Å². The van der Waals surface area contributed by atoms with Gasteiger partial charge in [0.25, 0.3) is 0 Å². The number of benzene rings is 1. The Morgan fingerprint density at radius 2 is 2.00 bits per heavy atom. The lowest BCUT2D eigenvalue weighted by atomic mass is 9.95. The van der Waals surface area contributed by atoms with Crippen molar-refractivity contribution in [1.29, 1.82) is 0 Å². The standard InChI is InChI=1S/C15H20ClNO3/c1-4-14(2,19)9-13(18)17-10-15(3,20)11-7-5-6-8-12(11)16/h4-8,19-20H,1,9-10H2,2-3H3,(H,17,18). The Bertz CT molecular complexity index is 498. The van der Waals surface area contributed by atoms with Crippen LogP contribution in [-0.2, 0) is 10.4 Å². The van der Waals surface area contributed by atoms with Crippen LogP contribution >= 0.6 is 11.6 Å². The van der Waals surface area contributed by atoms with Crippen LogP contribution in [0.5, 0.6) is 0 Å². The maximum Gasteiger partial charge on any atom is 0.223 e. The molecule has 110 valence electrons. The Morgan fingerprint density at radius 1 is 1.40 bits per heavy atom. The number of hydrogen-bond donors (Lipinski definition) is 3. The summed E-state index contributed by atoms with van der Waals surface area (Å²) in [5.41, 5.74) is -2.01. The molecule has 3 N–H and O–H groups in total. The Labute approximate surface area is 124 Å². The van der Waals surface area contributed by atoms with E-state index in [1.807, 2.05) is 0 Å². The summed E-state index contributed by atoms with van der Waals surface area (Å²) in [5, 5.41) is 23.1. The monoisotopic (exact) mass is 297 g/mol. The zero-order chi connectivity index (χ0) is 15.4. The first-order valence-electron chi connectivity index (χ1n) is 6.28. The van der Waals surface area contributed by atoms with Gasteiger partial charge in [0.15, 0.2) is 0 Å². The molecule has 0 spiro atoms. The van der Waals surface area contributed by atoms with Crippen LogP contribution in [0, 0.1) is 0 Å². The molecule has 2 atom stereocenters. The molecule has 1 aromatic carbocycles. The van der Waals surface area contributed by atoms with Crippen molar-refractivity contribution in [3.63, 3.8) is 0 Å². The zero-order valence-electron chi connectivity index (χ0n) is 11.7. The maximum absolute atomic E-state index is 11.7. The van der Waals surface area contributed by atoms with Crippen molar-refractivity contribution in [2.75, 3.05) is 6.54 Å². The van der Waals surface area contributed by atoms with Gasteiger partial charge in [-0.1, -0.05) is 35.9 Å². The van der Waals surface area contributed by atoms with Crippen LogP contribution in [0.3, 0.4) is 0 Å². The molecule has 0 bridgehead atoms. The average Bonchev–Trinajstić information content (AvgIpc) is 2.36.